The maximum Gasteiger partial charge on any atom is 0.227 e. The fraction of sp³-hybridized carbons (Fsp3) is 0.0526. The van der Waals surface area contributed by atoms with Crippen LogP contribution in [0.1, 0.15) is 5.69 Å². The smallest absolute Gasteiger partial charge is 0.227 e. The van der Waals surface area contributed by atoms with Gasteiger partial charge in [0.05, 0.1) is 28.2 Å². The van der Waals surface area contributed by atoms with E-state index in [2.05, 4.69) is 9.97 Å². The van der Waals surface area contributed by atoms with Crippen molar-refractivity contribution in [3.8, 4) is 22.7 Å². The van der Waals surface area contributed by atoms with Gasteiger partial charge in [-0.3, -0.25) is 0 Å². The Labute approximate surface area is 159 Å². The van der Waals surface area contributed by atoms with Crippen LogP contribution in [0.25, 0.3) is 22.7 Å². The van der Waals surface area contributed by atoms with Gasteiger partial charge >= 0.3 is 0 Å². The number of hydrogen-bond donors (Lipinski definition) is 1. The SMILES string of the molecule is Nn1cc(-c2ccccc2)nc1SCc1coc(-c2ccccc2Cl)n1. The first kappa shape index (κ1) is 16.8. The van der Waals surface area contributed by atoms with E-state index in [-0.39, 0.29) is 0 Å². The van der Waals surface area contributed by atoms with Gasteiger partial charge < -0.3 is 10.3 Å². The average molecular weight is 383 g/mol. The highest BCUT2D eigenvalue weighted by Crippen LogP contribution is 2.29. The summed E-state index contributed by atoms with van der Waals surface area (Å²) in [6, 6.07) is 17.4. The number of nitrogens with two attached hydrogens (primary N) is 1. The molecule has 0 atom stereocenters. The third-order valence-electron chi connectivity index (χ3n) is 3.77. The minimum absolute atomic E-state index is 0.507. The Balaban J connectivity index is 1.49. The first-order valence-corrected chi connectivity index (χ1v) is 9.29. The number of imidazole rings is 1. The molecule has 2 heterocycles. The van der Waals surface area contributed by atoms with Crippen LogP contribution in [0.3, 0.4) is 0 Å². The summed E-state index contributed by atoms with van der Waals surface area (Å²) in [6.45, 7) is 0. The number of nitrogen functional groups attached to an aromatic ring is 1. The molecular weight excluding hydrogens is 368 g/mol. The van der Waals surface area contributed by atoms with Gasteiger partial charge in [-0.2, -0.15) is 0 Å². The number of aromatic nitrogens is 3. The monoisotopic (exact) mass is 382 g/mol. The molecule has 0 aliphatic heterocycles. The minimum Gasteiger partial charge on any atom is -0.444 e. The minimum atomic E-state index is 0.507. The second kappa shape index (κ2) is 7.27. The summed E-state index contributed by atoms with van der Waals surface area (Å²) in [5.74, 6) is 7.13. The topological polar surface area (TPSA) is 69.9 Å². The summed E-state index contributed by atoms with van der Waals surface area (Å²) < 4.78 is 7.09. The summed E-state index contributed by atoms with van der Waals surface area (Å²) in [5.41, 5.74) is 3.44. The van der Waals surface area contributed by atoms with Gasteiger partial charge in [0, 0.05) is 11.3 Å². The summed E-state index contributed by atoms with van der Waals surface area (Å²) >= 11 is 7.69. The number of halogens is 1. The van der Waals surface area contributed by atoms with Crippen LogP contribution < -0.4 is 5.84 Å². The van der Waals surface area contributed by atoms with Crippen molar-refractivity contribution in [3.05, 3.63) is 77.8 Å². The number of nitrogens with zero attached hydrogens (tertiary/aromatic N) is 3. The Morgan fingerprint density at radius 3 is 2.62 bits per heavy atom. The molecule has 2 aromatic heterocycles. The lowest BCUT2D eigenvalue weighted by molar-refractivity contribution is 0.573. The van der Waals surface area contributed by atoms with Gasteiger partial charge in [-0.05, 0) is 12.1 Å². The normalized spacial score (nSPS) is 11.0. The Bertz CT molecular complexity index is 1030. The standard InChI is InChI=1S/C19H15ClN4OS/c20-16-9-5-4-8-15(16)18-22-14(11-25-18)12-26-19-23-17(10-24(19)21)13-6-2-1-3-7-13/h1-11H,12,21H2. The molecule has 0 aliphatic carbocycles. The third-order valence-corrected chi connectivity index (χ3v) is 5.10. The first-order valence-electron chi connectivity index (χ1n) is 7.92. The maximum atomic E-state index is 6.19. The zero-order valence-corrected chi connectivity index (χ0v) is 15.2. The molecule has 0 unspecified atom stereocenters. The Kier molecular flexibility index (Phi) is 4.69. The molecule has 26 heavy (non-hydrogen) atoms. The quantitative estimate of drug-likeness (QED) is 0.394. The van der Waals surface area contributed by atoms with Gasteiger partial charge in [-0.15, -0.1) is 0 Å². The first-order chi connectivity index (χ1) is 12.7. The van der Waals surface area contributed by atoms with E-state index < -0.39 is 0 Å². The van der Waals surface area contributed by atoms with Gasteiger partial charge in [-0.1, -0.05) is 65.8 Å². The number of benzene rings is 2. The van der Waals surface area contributed by atoms with Crippen molar-refractivity contribution < 1.29 is 4.42 Å². The highest BCUT2D eigenvalue weighted by atomic mass is 35.5. The van der Waals surface area contributed by atoms with E-state index in [0.29, 0.717) is 21.8 Å². The van der Waals surface area contributed by atoms with Crippen LogP contribution in [0.2, 0.25) is 5.02 Å². The zero-order chi connectivity index (χ0) is 17.9. The van der Waals surface area contributed by atoms with Crippen LogP contribution in [0.15, 0.2) is 76.6 Å². The van der Waals surface area contributed by atoms with E-state index in [4.69, 9.17) is 21.9 Å². The predicted molar refractivity (Wildman–Crippen MR) is 104 cm³/mol. The molecule has 0 aliphatic rings. The van der Waals surface area contributed by atoms with Gasteiger partial charge in [0.2, 0.25) is 5.89 Å². The van der Waals surface area contributed by atoms with E-state index in [1.165, 1.54) is 16.4 Å². The Morgan fingerprint density at radius 2 is 1.81 bits per heavy atom. The van der Waals surface area contributed by atoms with Crippen LogP contribution in [0, 0.1) is 0 Å². The molecule has 0 saturated heterocycles. The van der Waals surface area contributed by atoms with Crippen LogP contribution in [-0.2, 0) is 5.75 Å². The molecule has 2 N–H and O–H groups in total. The van der Waals surface area contributed by atoms with Gasteiger partial charge in [0.25, 0.3) is 0 Å². The van der Waals surface area contributed by atoms with Crippen molar-refractivity contribution in [2.75, 3.05) is 5.84 Å². The second-order valence-corrected chi connectivity index (χ2v) is 6.94. The summed E-state index contributed by atoms with van der Waals surface area (Å²) in [7, 11) is 0. The van der Waals surface area contributed by atoms with Crippen LogP contribution in [0.4, 0.5) is 0 Å². The lowest BCUT2D eigenvalue weighted by Crippen LogP contribution is -2.07. The highest BCUT2D eigenvalue weighted by molar-refractivity contribution is 7.98. The second-order valence-electron chi connectivity index (χ2n) is 5.59. The fourth-order valence-corrected chi connectivity index (χ4v) is 3.49. The molecular formula is C19H15ClN4OS. The van der Waals surface area contributed by atoms with Gasteiger partial charge in [0.15, 0.2) is 5.16 Å². The summed E-state index contributed by atoms with van der Waals surface area (Å²) in [6.07, 6.45) is 3.45. The van der Waals surface area contributed by atoms with Crippen molar-refractivity contribution in [1.29, 1.82) is 0 Å². The Morgan fingerprint density at radius 1 is 1.04 bits per heavy atom. The zero-order valence-electron chi connectivity index (χ0n) is 13.7. The largest absolute Gasteiger partial charge is 0.444 e. The fourth-order valence-electron chi connectivity index (χ4n) is 2.50. The molecule has 4 aromatic rings. The molecule has 5 nitrogen and oxygen atoms in total. The average Bonchev–Trinajstić information content (AvgIpc) is 3.28. The molecule has 0 bridgehead atoms. The van der Waals surface area contributed by atoms with Crippen LogP contribution >= 0.6 is 23.4 Å². The summed E-state index contributed by atoms with van der Waals surface area (Å²) in [4.78, 5) is 9.10. The van der Waals surface area contributed by atoms with E-state index in [1.807, 2.05) is 60.8 Å². The number of oxazole rings is 1. The van der Waals surface area contributed by atoms with Crippen LogP contribution in [0.5, 0.6) is 0 Å². The maximum absolute atomic E-state index is 6.19. The van der Waals surface area contributed by atoms with E-state index >= 15 is 0 Å². The van der Waals surface area contributed by atoms with E-state index in [1.54, 1.807) is 6.26 Å². The molecule has 0 radical (unpaired) electrons. The molecule has 130 valence electrons. The van der Waals surface area contributed by atoms with Gasteiger partial charge in [0.1, 0.15) is 6.26 Å². The number of rotatable bonds is 5. The molecule has 0 amide bonds. The Hall–Kier alpha value is -2.70. The molecule has 4 rings (SSSR count). The third kappa shape index (κ3) is 3.47. The van der Waals surface area contributed by atoms with Crippen molar-refractivity contribution in [1.82, 2.24) is 14.6 Å². The van der Waals surface area contributed by atoms with E-state index in [9.17, 15) is 0 Å². The summed E-state index contributed by atoms with van der Waals surface area (Å²) in [5, 5.41) is 1.32. The van der Waals surface area contributed by atoms with Crippen LogP contribution in [-0.4, -0.2) is 14.6 Å². The molecule has 0 fully saturated rings. The van der Waals surface area contributed by atoms with Crippen molar-refractivity contribution >= 4 is 23.4 Å². The molecule has 7 heteroatoms. The lowest BCUT2D eigenvalue weighted by atomic mass is 10.2. The predicted octanol–water partition coefficient (Wildman–Crippen LogP) is 4.86. The molecule has 2 aromatic carbocycles. The van der Waals surface area contributed by atoms with Gasteiger partial charge in [-0.25, -0.2) is 14.6 Å². The van der Waals surface area contributed by atoms with E-state index in [0.717, 1.165) is 22.5 Å². The van der Waals surface area contributed by atoms with Crippen molar-refractivity contribution in [2.24, 2.45) is 0 Å². The van der Waals surface area contributed by atoms with Crippen molar-refractivity contribution in [2.45, 2.75) is 10.9 Å². The lowest BCUT2D eigenvalue weighted by Gasteiger charge is -1.98. The highest BCUT2D eigenvalue weighted by Gasteiger charge is 2.12. The molecule has 0 saturated carbocycles. The van der Waals surface area contributed by atoms with Crippen molar-refractivity contribution in [3.63, 3.8) is 0 Å². The molecule has 0 spiro atoms. The number of hydrogen-bond acceptors (Lipinski definition) is 5. The number of thioether (sulfide) groups is 1.